The van der Waals surface area contributed by atoms with E-state index in [2.05, 4.69) is 63.8 Å². The quantitative estimate of drug-likeness (QED) is 0.285. The number of aliphatic hydroxyl groups excluding tert-OH is 1. The Balaban J connectivity index is 1.52. The van der Waals surface area contributed by atoms with E-state index in [-0.39, 0.29) is 40.1 Å². The molecule has 47 heavy (non-hydrogen) atoms. The van der Waals surface area contributed by atoms with Gasteiger partial charge in [-0.15, -0.1) is 0 Å². The van der Waals surface area contributed by atoms with Gasteiger partial charge in [0.25, 0.3) is 0 Å². The topological polar surface area (TPSA) is 102 Å². The molecular formula is C38H54N2O6Si. The van der Waals surface area contributed by atoms with Crippen molar-refractivity contribution in [3.63, 3.8) is 0 Å². The van der Waals surface area contributed by atoms with Gasteiger partial charge in [-0.25, -0.2) is 0 Å². The van der Waals surface area contributed by atoms with Crippen molar-refractivity contribution in [1.82, 2.24) is 10.1 Å². The maximum atomic E-state index is 15.0. The highest BCUT2D eigenvalue weighted by molar-refractivity contribution is 6.74. The summed E-state index contributed by atoms with van der Waals surface area (Å²) in [5.74, 6) is -0.288. The summed E-state index contributed by atoms with van der Waals surface area (Å²) in [7, 11) is -1.01. The maximum absolute atomic E-state index is 15.0. The van der Waals surface area contributed by atoms with Crippen molar-refractivity contribution in [2.24, 2.45) is 17.8 Å². The number of ether oxygens (including phenoxy) is 1. The molecule has 3 aliphatic carbocycles. The summed E-state index contributed by atoms with van der Waals surface area (Å²) in [5, 5.41) is 16.7. The number of nitrogens with zero attached hydrogens (tertiary/aromatic N) is 2. The normalized spacial score (nSPS) is 26.4. The molecule has 0 radical (unpaired) electrons. The number of aryl methyl sites for hydroxylation is 2. The third kappa shape index (κ3) is 5.26. The van der Waals surface area contributed by atoms with E-state index >= 15 is 0 Å². The van der Waals surface area contributed by atoms with E-state index in [9.17, 15) is 14.7 Å². The number of aliphatic hydroxyl groups is 1. The highest BCUT2D eigenvalue weighted by Crippen LogP contribution is 2.60. The first-order valence-corrected chi connectivity index (χ1v) is 20.6. The van der Waals surface area contributed by atoms with E-state index in [1.54, 1.807) is 14.0 Å². The van der Waals surface area contributed by atoms with E-state index in [0.29, 0.717) is 41.0 Å². The second-order valence-corrected chi connectivity index (χ2v) is 21.1. The first-order valence-electron chi connectivity index (χ1n) is 17.7. The summed E-state index contributed by atoms with van der Waals surface area (Å²) in [5.41, 5.74) is 3.09. The fourth-order valence-electron chi connectivity index (χ4n) is 8.76. The molecule has 0 spiro atoms. The van der Waals surface area contributed by atoms with Crippen LogP contribution in [0.4, 0.5) is 0 Å². The molecular weight excluding hydrogens is 609 g/mol. The lowest BCUT2D eigenvalue weighted by Crippen LogP contribution is -2.64. The number of rotatable bonds is 8. The molecule has 1 aliphatic heterocycles. The lowest BCUT2D eigenvalue weighted by Gasteiger charge is -2.55. The molecule has 0 unspecified atom stereocenters. The van der Waals surface area contributed by atoms with E-state index in [0.717, 1.165) is 54.9 Å². The molecule has 2 heterocycles. The van der Waals surface area contributed by atoms with E-state index in [1.807, 2.05) is 6.92 Å². The smallest absolute Gasteiger partial charge is 0.207 e. The number of aromatic nitrogens is 1. The fourth-order valence-corrected chi connectivity index (χ4v) is 10.2. The Morgan fingerprint density at radius 3 is 2.45 bits per heavy atom. The Morgan fingerprint density at radius 2 is 1.83 bits per heavy atom. The molecule has 1 aromatic carbocycles. The average Bonchev–Trinajstić information content (AvgIpc) is 3.64. The minimum absolute atomic E-state index is 0.0717. The maximum Gasteiger partial charge on any atom is 0.207 e. The van der Waals surface area contributed by atoms with Gasteiger partial charge in [-0.05, 0) is 119 Å². The van der Waals surface area contributed by atoms with Crippen LogP contribution in [0.1, 0.15) is 115 Å². The van der Waals surface area contributed by atoms with Gasteiger partial charge in [0.05, 0.1) is 18.4 Å². The van der Waals surface area contributed by atoms with Crippen molar-refractivity contribution in [1.29, 1.82) is 0 Å². The van der Waals surface area contributed by atoms with Crippen molar-refractivity contribution in [3.05, 3.63) is 56.7 Å². The zero-order valence-corrected chi connectivity index (χ0v) is 31.1. The van der Waals surface area contributed by atoms with Crippen LogP contribution in [0.2, 0.25) is 18.1 Å². The third-order valence-electron chi connectivity index (χ3n) is 12.2. The van der Waals surface area contributed by atoms with Gasteiger partial charge in [0.15, 0.2) is 25.5 Å². The van der Waals surface area contributed by atoms with E-state index in [4.69, 9.17) is 13.7 Å². The van der Waals surface area contributed by atoms with Gasteiger partial charge < -0.3 is 23.7 Å². The molecule has 6 rings (SSSR count). The molecule has 4 atom stereocenters. The Kier molecular flexibility index (Phi) is 8.70. The van der Waals surface area contributed by atoms with Gasteiger partial charge in [0.1, 0.15) is 11.5 Å². The van der Waals surface area contributed by atoms with Gasteiger partial charge in [-0.3, -0.25) is 9.59 Å². The predicted molar refractivity (Wildman–Crippen MR) is 185 cm³/mol. The highest BCUT2D eigenvalue weighted by atomic mass is 28.4. The summed E-state index contributed by atoms with van der Waals surface area (Å²) >= 11 is 0. The number of likely N-dealkylation sites (tertiary alicyclic amines) is 1. The largest absolute Gasteiger partial charge is 0.508 e. The Bertz CT molecular complexity index is 1630. The summed E-state index contributed by atoms with van der Waals surface area (Å²) in [6.07, 6.45) is 5.43. The van der Waals surface area contributed by atoms with Crippen LogP contribution < -0.4 is 4.74 Å². The molecule has 1 fully saturated rings. The first-order chi connectivity index (χ1) is 22.0. The average molecular weight is 663 g/mol. The molecule has 1 aromatic heterocycles. The Morgan fingerprint density at radius 1 is 1.15 bits per heavy atom. The second kappa shape index (κ2) is 12.0. The number of methoxy groups -OCH3 is 1. The van der Waals surface area contributed by atoms with E-state index < -0.39 is 19.8 Å². The van der Waals surface area contributed by atoms with Crippen molar-refractivity contribution >= 4 is 19.9 Å². The van der Waals surface area contributed by atoms with Crippen molar-refractivity contribution < 1.29 is 28.4 Å². The predicted octanol–water partition coefficient (Wildman–Crippen LogP) is 7.91. The minimum atomic E-state index is -2.69. The van der Waals surface area contributed by atoms with Crippen LogP contribution in [0.15, 0.2) is 21.9 Å². The number of fused-ring (bicyclic) bond motifs is 4. The van der Waals surface area contributed by atoms with Gasteiger partial charge >= 0.3 is 0 Å². The fraction of sp³-hybridized carbons (Fsp3) is 0.658. The lowest BCUT2D eigenvalue weighted by atomic mass is 9.55. The Hall–Kier alpha value is -2.75. The molecule has 1 saturated heterocycles. The van der Waals surface area contributed by atoms with Crippen LogP contribution in [0.5, 0.6) is 5.75 Å². The van der Waals surface area contributed by atoms with Gasteiger partial charge in [-0.2, -0.15) is 0 Å². The molecule has 9 heteroatoms. The first kappa shape index (κ1) is 34.1. The molecule has 0 bridgehead atoms. The molecule has 0 saturated carbocycles. The second-order valence-electron chi connectivity index (χ2n) is 16.4. The number of hydrogen-bond acceptors (Lipinski definition) is 8. The molecule has 1 N–H and O–H groups in total. The van der Waals surface area contributed by atoms with Crippen molar-refractivity contribution in [3.8, 4) is 5.75 Å². The van der Waals surface area contributed by atoms with Crippen LogP contribution in [-0.4, -0.2) is 67.4 Å². The van der Waals surface area contributed by atoms with Gasteiger partial charge in [0, 0.05) is 28.5 Å². The number of Topliss-reactive ketones (excluding diaryl/α,β-unsaturated/α-hetero) is 2. The highest BCUT2D eigenvalue weighted by Gasteiger charge is 2.66. The van der Waals surface area contributed by atoms with Gasteiger partial charge in [0.2, 0.25) is 5.78 Å². The zero-order chi connectivity index (χ0) is 34.2. The lowest BCUT2D eigenvalue weighted by molar-refractivity contribution is -0.0335. The molecule has 4 aliphatic rings. The summed E-state index contributed by atoms with van der Waals surface area (Å²) in [6, 6.07) is 2.12. The summed E-state index contributed by atoms with van der Waals surface area (Å²) in [4.78, 5) is 32.4. The van der Waals surface area contributed by atoms with Crippen LogP contribution in [0.25, 0.3) is 0 Å². The SMILES string of the molecule is COc1cc(CCCN2CCCC2)c(C)c2c1C[C@H]1C[C@H]3[C@H](C(C)C)c4onc(C)c4C(=O)[C@@]3(O[Si](C)(C)C(C)(C)C)C(O)=C1C2=O. The monoisotopic (exact) mass is 662 g/mol. The third-order valence-corrected chi connectivity index (χ3v) is 16.7. The Labute approximate surface area is 281 Å². The van der Waals surface area contributed by atoms with Crippen LogP contribution in [-0.2, 0) is 17.3 Å². The van der Waals surface area contributed by atoms with E-state index in [1.165, 1.54) is 12.8 Å². The van der Waals surface area contributed by atoms with Crippen molar-refractivity contribution in [2.45, 2.75) is 117 Å². The number of carbonyl (C=O) groups is 2. The van der Waals surface area contributed by atoms with Gasteiger partial charge in [-0.1, -0.05) is 39.8 Å². The summed E-state index contributed by atoms with van der Waals surface area (Å²) < 4.78 is 19.1. The zero-order valence-electron chi connectivity index (χ0n) is 30.1. The molecule has 256 valence electrons. The minimum Gasteiger partial charge on any atom is -0.508 e. The standard InChI is InChI=1S/C38H54N2O6Si/c1-21(2)29-27-19-25-18-26-28(44-8)20-24(14-13-17-40-15-11-12-16-40)22(3)30(26)33(41)32(25)36(43)38(27,46-47(9,10)37(5,6)7)35(42)31-23(4)39-45-34(29)31/h20-21,25,27,29,43H,11-19H2,1-10H3/t25-,27-,29-,38+/m0/s1. The molecule has 0 amide bonds. The van der Waals surface area contributed by atoms with Crippen LogP contribution in [0.3, 0.4) is 0 Å². The summed E-state index contributed by atoms with van der Waals surface area (Å²) in [6.45, 7) is 22.0. The molecule has 2 aromatic rings. The molecule has 8 nitrogen and oxygen atoms in total. The number of carbonyl (C=O) groups excluding carboxylic acids is 2. The number of hydrogen-bond donors (Lipinski definition) is 1. The van der Waals surface area contributed by atoms with Crippen molar-refractivity contribution in [2.75, 3.05) is 26.7 Å². The number of ketones is 2. The van der Waals surface area contributed by atoms with Crippen LogP contribution >= 0.6 is 0 Å². The van der Waals surface area contributed by atoms with Crippen LogP contribution in [0, 0.1) is 31.6 Å². The number of benzene rings is 1. The number of allylic oxidation sites excluding steroid dienone is 1.